The number of thiazole rings is 1. The number of rotatable bonds is 6. The third-order valence-corrected chi connectivity index (χ3v) is 6.14. The Morgan fingerprint density at radius 3 is 2.86 bits per heavy atom. The van der Waals surface area contributed by atoms with Crippen LogP contribution in [0.3, 0.4) is 0 Å². The van der Waals surface area contributed by atoms with Crippen LogP contribution >= 0.6 is 23.1 Å². The topological polar surface area (TPSA) is 94.4 Å². The average molecular weight is 362 g/mol. The molecule has 8 nitrogen and oxygen atoms in total. The smallest absolute Gasteiger partial charge is 0.357 e. The van der Waals surface area contributed by atoms with Crippen LogP contribution in [-0.2, 0) is 14.9 Å². The van der Waals surface area contributed by atoms with E-state index in [0.29, 0.717) is 9.37 Å². The number of hydrogen-bond donors (Lipinski definition) is 0. The molecule has 0 fully saturated rings. The predicted molar refractivity (Wildman–Crippen MR) is 82.4 cm³/mol. The van der Waals surface area contributed by atoms with Crippen molar-refractivity contribution < 1.29 is 17.9 Å². The summed E-state index contributed by atoms with van der Waals surface area (Å²) in [6.07, 6.45) is 1.39. The van der Waals surface area contributed by atoms with Crippen LogP contribution < -0.4 is 0 Å². The van der Waals surface area contributed by atoms with Crippen molar-refractivity contribution in [3.05, 3.63) is 23.3 Å². The van der Waals surface area contributed by atoms with Gasteiger partial charge in [0.2, 0.25) is 0 Å². The Hall–Kier alpha value is -1.43. The standard InChI is InChI=1S/C11H14N4O4S3/c1-4-19-10(16)8-7-20-11(13-8)21-9-5-6-12-15(9)22(17,18)14(2)3/h5-7H,4H2,1-3H3. The molecule has 120 valence electrons. The molecule has 2 rings (SSSR count). The summed E-state index contributed by atoms with van der Waals surface area (Å²) in [4.78, 5) is 15.7. The fourth-order valence-electron chi connectivity index (χ4n) is 1.37. The monoisotopic (exact) mass is 362 g/mol. The lowest BCUT2D eigenvalue weighted by molar-refractivity contribution is 0.0520. The van der Waals surface area contributed by atoms with Gasteiger partial charge in [0.1, 0.15) is 5.03 Å². The molecular weight excluding hydrogens is 348 g/mol. The third-order valence-electron chi connectivity index (χ3n) is 2.42. The molecule has 0 aromatic carbocycles. The lowest BCUT2D eigenvalue weighted by Gasteiger charge is -2.12. The molecule has 0 bridgehead atoms. The fourth-order valence-corrected chi connectivity index (χ4v) is 4.22. The van der Waals surface area contributed by atoms with Gasteiger partial charge in [0.05, 0.1) is 12.8 Å². The van der Waals surface area contributed by atoms with Gasteiger partial charge in [-0.3, -0.25) is 0 Å². The van der Waals surface area contributed by atoms with Gasteiger partial charge in [0, 0.05) is 19.5 Å². The quantitative estimate of drug-likeness (QED) is 0.715. The van der Waals surface area contributed by atoms with Crippen LogP contribution in [0.2, 0.25) is 0 Å². The van der Waals surface area contributed by atoms with Gasteiger partial charge in [-0.25, -0.2) is 9.78 Å². The number of carbonyl (C=O) groups is 1. The minimum atomic E-state index is -3.70. The minimum absolute atomic E-state index is 0.205. The van der Waals surface area contributed by atoms with Crippen molar-refractivity contribution in [2.45, 2.75) is 16.3 Å². The van der Waals surface area contributed by atoms with Gasteiger partial charge in [-0.05, 0) is 24.8 Å². The molecule has 0 saturated carbocycles. The maximum Gasteiger partial charge on any atom is 0.357 e. The molecule has 0 aliphatic rings. The molecule has 0 atom stereocenters. The zero-order chi connectivity index (χ0) is 16.3. The zero-order valence-corrected chi connectivity index (χ0v) is 14.5. The molecule has 0 aliphatic carbocycles. The summed E-state index contributed by atoms with van der Waals surface area (Å²) in [5, 5.41) is 5.79. The van der Waals surface area contributed by atoms with Crippen molar-refractivity contribution in [1.82, 2.24) is 18.5 Å². The van der Waals surface area contributed by atoms with Crippen LogP contribution in [0.25, 0.3) is 0 Å². The number of hydrogen-bond acceptors (Lipinski definition) is 8. The summed E-state index contributed by atoms with van der Waals surface area (Å²) < 4.78 is 31.6. The second-order valence-electron chi connectivity index (χ2n) is 4.12. The van der Waals surface area contributed by atoms with Gasteiger partial charge in [0.15, 0.2) is 10.0 Å². The van der Waals surface area contributed by atoms with Crippen molar-refractivity contribution in [3.63, 3.8) is 0 Å². The summed E-state index contributed by atoms with van der Waals surface area (Å²) >= 11 is 2.35. The van der Waals surface area contributed by atoms with Gasteiger partial charge >= 0.3 is 16.2 Å². The molecule has 2 heterocycles. The Labute approximate surface area is 136 Å². The minimum Gasteiger partial charge on any atom is -0.461 e. The van der Waals surface area contributed by atoms with E-state index in [1.165, 1.54) is 31.6 Å². The van der Waals surface area contributed by atoms with Crippen molar-refractivity contribution in [3.8, 4) is 0 Å². The van der Waals surface area contributed by atoms with E-state index >= 15 is 0 Å². The van der Waals surface area contributed by atoms with E-state index in [1.807, 2.05) is 0 Å². The van der Waals surface area contributed by atoms with Crippen molar-refractivity contribution >= 4 is 39.3 Å². The molecule has 0 aliphatic heterocycles. The number of esters is 1. The van der Waals surface area contributed by atoms with Gasteiger partial charge in [-0.1, -0.05) is 0 Å². The molecular formula is C11H14N4O4S3. The van der Waals surface area contributed by atoms with E-state index in [0.717, 1.165) is 20.2 Å². The second-order valence-corrected chi connectivity index (χ2v) is 8.22. The van der Waals surface area contributed by atoms with Gasteiger partial charge in [-0.2, -0.15) is 17.8 Å². The highest BCUT2D eigenvalue weighted by molar-refractivity contribution is 8.01. The van der Waals surface area contributed by atoms with Crippen LogP contribution in [0.4, 0.5) is 0 Å². The Bertz CT molecular complexity index is 766. The lowest BCUT2D eigenvalue weighted by Crippen LogP contribution is -2.30. The van der Waals surface area contributed by atoms with Crippen LogP contribution in [-0.4, -0.2) is 53.6 Å². The summed E-state index contributed by atoms with van der Waals surface area (Å²) in [6, 6.07) is 1.57. The summed E-state index contributed by atoms with van der Waals surface area (Å²) in [5.41, 5.74) is 0.205. The van der Waals surface area contributed by atoms with Crippen LogP contribution in [0.15, 0.2) is 27.0 Å². The highest BCUT2D eigenvalue weighted by atomic mass is 32.2. The summed E-state index contributed by atoms with van der Waals surface area (Å²) in [6.45, 7) is 1.98. The van der Waals surface area contributed by atoms with E-state index in [4.69, 9.17) is 4.74 Å². The molecule has 22 heavy (non-hydrogen) atoms. The van der Waals surface area contributed by atoms with E-state index in [2.05, 4.69) is 10.1 Å². The summed E-state index contributed by atoms with van der Waals surface area (Å²) in [7, 11) is -0.851. The first-order valence-corrected chi connectivity index (χ1v) is 9.23. The summed E-state index contributed by atoms with van der Waals surface area (Å²) in [5.74, 6) is -0.500. The molecule has 0 spiro atoms. The normalized spacial score (nSPS) is 11.8. The van der Waals surface area contributed by atoms with E-state index in [-0.39, 0.29) is 12.3 Å². The van der Waals surface area contributed by atoms with E-state index in [9.17, 15) is 13.2 Å². The first-order valence-electron chi connectivity index (χ1n) is 6.13. The maximum absolute atomic E-state index is 12.1. The average Bonchev–Trinajstić information content (AvgIpc) is 3.08. The highest BCUT2D eigenvalue weighted by Gasteiger charge is 2.22. The highest BCUT2D eigenvalue weighted by Crippen LogP contribution is 2.31. The van der Waals surface area contributed by atoms with Crippen LogP contribution in [0.1, 0.15) is 17.4 Å². The Balaban J connectivity index is 2.23. The third kappa shape index (κ3) is 3.48. The van der Waals surface area contributed by atoms with E-state index < -0.39 is 16.2 Å². The largest absolute Gasteiger partial charge is 0.461 e. The van der Waals surface area contributed by atoms with Crippen molar-refractivity contribution in [2.24, 2.45) is 0 Å². The SMILES string of the molecule is CCOC(=O)c1csc(Sc2ccnn2S(=O)(=O)N(C)C)n1. The number of carbonyl (C=O) groups excluding carboxylic acids is 1. The van der Waals surface area contributed by atoms with Gasteiger partial charge < -0.3 is 4.74 Å². The van der Waals surface area contributed by atoms with E-state index in [1.54, 1.807) is 18.4 Å². The van der Waals surface area contributed by atoms with Gasteiger partial charge in [-0.15, -0.1) is 15.4 Å². The molecule has 0 saturated heterocycles. The van der Waals surface area contributed by atoms with Gasteiger partial charge in [0.25, 0.3) is 0 Å². The number of nitrogens with zero attached hydrogens (tertiary/aromatic N) is 4. The maximum atomic E-state index is 12.1. The molecule has 11 heteroatoms. The molecule has 0 amide bonds. The molecule has 2 aromatic rings. The molecule has 0 N–H and O–H groups in total. The molecule has 2 aromatic heterocycles. The Kier molecular flexibility index (Phi) is 5.21. The number of ether oxygens (including phenoxy) is 1. The zero-order valence-electron chi connectivity index (χ0n) is 12.1. The van der Waals surface area contributed by atoms with Crippen LogP contribution in [0.5, 0.6) is 0 Å². The first-order chi connectivity index (χ1) is 10.4. The molecule has 0 unspecified atom stereocenters. The second kappa shape index (κ2) is 6.77. The first kappa shape index (κ1) is 16.9. The van der Waals surface area contributed by atoms with Crippen LogP contribution in [0, 0.1) is 0 Å². The predicted octanol–water partition coefficient (Wildman–Crippen LogP) is 1.32. The Morgan fingerprint density at radius 1 is 1.50 bits per heavy atom. The van der Waals surface area contributed by atoms with Crippen molar-refractivity contribution in [1.29, 1.82) is 0 Å². The Morgan fingerprint density at radius 2 is 2.23 bits per heavy atom. The lowest BCUT2D eigenvalue weighted by atomic mass is 10.5. The molecule has 0 radical (unpaired) electrons. The van der Waals surface area contributed by atoms with Crippen molar-refractivity contribution in [2.75, 3.05) is 20.7 Å². The number of aromatic nitrogens is 3. The fraction of sp³-hybridized carbons (Fsp3) is 0.364.